The molecule has 0 amide bonds. The quantitative estimate of drug-likeness (QED) is 0.356. The second-order valence-electron chi connectivity index (χ2n) is 8.63. The molecular formula is C26H17ClFN9O2. The van der Waals surface area contributed by atoms with Gasteiger partial charge in [0.15, 0.2) is 0 Å². The van der Waals surface area contributed by atoms with Crippen molar-refractivity contribution in [1.29, 1.82) is 10.5 Å². The molecule has 0 unspecified atom stereocenters. The lowest BCUT2D eigenvalue weighted by Crippen LogP contribution is -2.41. The van der Waals surface area contributed by atoms with Gasteiger partial charge in [0.1, 0.15) is 23.6 Å². The standard InChI is InChI=1S/C26H17ClFN9O2/c1-14-5-17(12-31-11-14)37-25(38)33-24(36(26(37)39)13-15-3-4-20(28)16(6-15)9-29)32-22-7-18-21(8-19(22)27)34-35(2)23(18)10-30/h3-8,11-12H,13H2,1-2H3,(H,32,33,38). The second kappa shape index (κ2) is 9.85. The molecule has 11 nitrogen and oxygen atoms in total. The number of halogens is 2. The first kappa shape index (κ1) is 25.3. The normalized spacial score (nSPS) is 10.8. The second-order valence-corrected chi connectivity index (χ2v) is 9.03. The summed E-state index contributed by atoms with van der Waals surface area (Å²) in [5, 5.41) is 26.7. The number of anilines is 2. The summed E-state index contributed by atoms with van der Waals surface area (Å²) >= 11 is 6.47. The third-order valence-corrected chi connectivity index (χ3v) is 6.27. The molecule has 0 atom stereocenters. The van der Waals surface area contributed by atoms with Crippen molar-refractivity contribution >= 4 is 34.1 Å². The van der Waals surface area contributed by atoms with E-state index in [1.165, 1.54) is 23.0 Å². The Kier molecular flexibility index (Phi) is 6.40. The van der Waals surface area contributed by atoms with Crippen molar-refractivity contribution in [3.63, 3.8) is 0 Å². The number of nitrogens with zero attached hydrogens (tertiary/aromatic N) is 8. The lowest BCUT2D eigenvalue weighted by atomic mass is 10.1. The lowest BCUT2D eigenvalue weighted by Gasteiger charge is -2.16. The highest BCUT2D eigenvalue weighted by molar-refractivity contribution is 6.34. The predicted octanol–water partition coefficient (Wildman–Crippen LogP) is 3.31. The molecule has 13 heteroatoms. The van der Waals surface area contributed by atoms with Crippen LogP contribution in [0.2, 0.25) is 5.02 Å². The maximum absolute atomic E-state index is 14.0. The number of pyridine rings is 1. The van der Waals surface area contributed by atoms with Crippen LogP contribution in [0, 0.1) is 35.4 Å². The van der Waals surface area contributed by atoms with Crippen LogP contribution < -0.4 is 16.7 Å². The molecule has 0 fully saturated rings. The van der Waals surface area contributed by atoms with Crippen LogP contribution in [-0.4, -0.2) is 28.9 Å². The van der Waals surface area contributed by atoms with Crippen molar-refractivity contribution in [2.75, 3.05) is 5.32 Å². The number of nitriles is 2. The van der Waals surface area contributed by atoms with Gasteiger partial charge in [-0.15, -0.1) is 0 Å². The number of benzene rings is 2. The van der Waals surface area contributed by atoms with E-state index in [0.717, 1.165) is 20.8 Å². The molecule has 0 radical (unpaired) electrons. The number of aromatic nitrogens is 6. The minimum absolute atomic E-state index is 0.159. The minimum Gasteiger partial charge on any atom is -0.324 e. The smallest absolute Gasteiger partial charge is 0.324 e. The van der Waals surface area contributed by atoms with Gasteiger partial charge in [-0.3, -0.25) is 14.2 Å². The van der Waals surface area contributed by atoms with Gasteiger partial charge >= 0.3 is 11.4 Å². The van der Waals surface area contributed by atoms with Crippen molar-refractivity contribution in [3.05, 3.63) is 103 Å². The van der Waals surface area contributed by atoms with Crippen LogP contribution in [0.15, 0.2) is 58.4 Å². The summed E-state index contributed by atoms with van der Waals surface area (Å²) in [6.45, 7) is 1.59. The number of aryl methyl sites for hydroxylation is 2. The Bertz CT molecular complexity index is 2000. The van der Waals surface area contributed by atoms with Gasteiger partial charge < -0.3 is 5.32 Å². The molecule has 0 spiro atoms. The Balaban J connectivity index is 1.71. The molecule has 1 N–H and O–H groups in total. The summed E-state index contributed by atoms with van der Waals surface area (Å²) in [6, 6.07) is 12.4. The third kappa shape index (κ3) is 4.61. The van der Waals surface area contributed by atoms with E-state index in [1.807, 2.05) is 0 Å². The zero-order valence-corrected chi connectivity index (χ0v) is 21.2. The molecule has 0 bridgehead atoms. The molecule has 0 aliphatic heterocycles. The zero-order chi connectivity index (χ0) is 27.8. The van der Waals surface area contributed by atoms with Crippen LogP contribution in [-0.2, 0) is 13.6 Å². The van der Waals surface area contributed by atoms with Crippen molar-refractivity contribution in [2.24, 2.45) is 7.05 Å². The molecule has 39 heavy (non-hydrogen) atoms. The van der Waals surface area contributed by atoms with Gasteiger partial charge in [0.2, 0.25) is 5.95 Å². The van der Waals surface area contributed by atoms with Gasteiger partial charge in [-0.05, 0) is 48.4 Å². The molecule has 0 aliphatic rings. The van der Waals surface area contributed by atoms with Crippen LogP contribution in [0.25, 0.3) is 16.6 Å². The van der Waals surface area contributed by atoms with Gasteiger partial charge in [0.05, 0.1) is 40.2 Å². The summed E-state index contributed by atoms with van der Waals surface area (Å²) in [6.07, 6.45) is 2.93. The highest BCUT2D eigenvalue weighted by Gasteiger charge is 2.19. The largest absolute Gasteiger partial charge is 0.359 e. The fourth-order valence-corrected chi connectivity index (χ4v) is 4.33. The van der Waals surface area contributed by atoms with Crippen LogP contribution in [0.1, 0.15) is 22.4 Å². The highest BCUT2D eigenvalue weighted by Crippen LogP contribution is 2.31. The van der Waals surface area contributed by atoms with Crippen LogP contribution in [0.5, 0.6) is 0 Å². The highest BCUT2D eigenvalue weighted by atomic mass is 35.5. The lowest BCUT2D eigenvalue weighted by molar-refractivity contribution is 0.620. The van der Waals surface area contributed by atoms with E-state index in [2.05, 4.69) is 26.5 Å². The third-order valence-electron chi connectivity index (χ3n) is 5.96. The van der Waals surface area contributed by atoms with Crippen molar-refractivity contribution in [2.45, 2.75) is 13.5 Å². The number of nitrogens with one attached hydrogen (secondary N) is 1. The summed E-state index contributed by atoms with van der Waals surface area (Å²) in [4.78, 5) is 35.0. The van der Waals surface area contributed by atoms with E-state index < -0.39 is 17.2 Å². The first-order chi connectivity index (χ1) is 18.7. The van der Waals surface area contributed by atoms with Crippen LogP contribution in [0.4, 0.5) is 16.0 Å². The van der Waals surface area contributed by atoms with Crippen molar-refractivity contribution in [3.8, 4) is 17.8 Å². The van der Waals surface area contributed by atoms with E-state index in [9.17, 15) is 24.5 Å². The summed E-state index contributed by atoms with van der Waals surface area (Å²) in [5.74, 6) is -0.862. The SMILES string of the molecule is Cc1cncc(-n2c(=O)nc(Nc3cc4c(C#N)n(C)nc4cc3Cl)n(Cc3ccc(F)c(C#N)c3)c2=O)c1. The van der Waals surface area contributed by atoms with E-state index in [4.69, 9.17) is 11.6 Å². The summed E-state index contributed by atoms with van der Waals surface area (Å²) in [7, 11) is 1.62. The molecular weight excluding hydrogens is 525 g/mol. The molecule has 0 aliphatic carbocycles. The van der Waals surface area contributed by atoms with E-state index >= 15 is 0 Å². The summed E-state index contributed by atoms with van der Waals surface area (Å²) < 4.78 is 17.4. The Labute approximate surface area is 224 Å². The first-order valence-corrected chi connectivity index (χ1v) is 11.8. The predicted molar refractivity (Wildman–Crippen MR) is 141 cm³/mol. The molecule has 0 saturated carbocycles. The molecule has 5 aromatic rings. The molecule has 5 rings (SSSR count). The van der Waals surface area contributed by atoms with Gasteiger partial charge in [0.25, 0.3) is 0 Å². The molecule has 0 saturated heterocycles. The number of hydrogen-bond donors (Lipinski definition) is 1. The summed E-state index contributed by atoms with van der Waals surface area (Å²) in [5.41, 5.74) is 0.531. The van der Waals surface area contributed by atoms with Gasteiger partial charge in [-0.25, -0.2) is 18.5 Å². The van der Waals surface area contributed by atoms with E-state index in [0.29, 0.717) is 16.5 Å². The number of fused-ring (bicyclic) bond motifs is 1. The topological polar surface area (TPSA) is 147 Å². The fraction of sp³-hybridized carbons (Fsp3) is 0.115. The zero-order valence-electron chi connectivity index (χ0n) is 20.5. The Morgan fingerprint density at radius 1 is 1.10 bits per heavy atom. The molecule has 192 valence electrons. The van der Waals surface area contributed by atoms with Gasteiger partial charge in [-0.1, -0.05) is 17.7 Å². The number of hydrogen-bond acceptors (Lipinski definition) is 8. The van der Waals surface area contributed by atoms with Gasteiger partial charge in [-0.2, -0.15) is 20.6 Å². The maximum atomic E-state index is 14.0. The van der Waals surface area contributed by atoms with E-state index in [1.54, 1.807) is 44.4 Å². The number of rotatable bonds is 5. The van der Waals surface area contributed by atoms with Crippen molar-refractivity contribution < 1.29 is 4.39 Å². The molecule has 3 aromatic heterocycles. The Morgan fingerprint density at radius 3 is 2.62 bits per heavy atom. The minimum atomic E-state index is -0.876. The Morgan fingerprint density at radius 2 is 1.90 bits per heavy atom. The average Bonchev–Trinajstić information content (AvgIpc) is 3.20. The van der Waals surface area contributed by atoms with Crippen LogP contribution in [0.3, 0.4) is 0 Å². The van der Waals surface area contributed by atoms with E-state index in [-0.39, 0.29) is 40.1 Å². The molecule has 3 heterocycles. The Hall–Kier alpha value is -5.33. The van der Waals surface area contributed by atoms with Crippen molar-refractivity contribution in [1.82, 2.24) is 28.9 Å². The van der Waals surface area contributed by atoms with Crippen LogP contribution >= 0.6 is 11.6 Å². The monoisotopic (exact) mass is 541 g/mol. The first-order valence-electron chi connectivity index (χ1n) is 11.4. The van der Waals surface area contributed by atoms with Gasteiger partial charge in [0, 0.05) is 18.6 Å². The maximum Gasteiger partial charge on any atom is 0.359 e. The molecule has 2 aromatic carbocycles. The fourth-order valence-electron chi connectivity index (χ4n) is 4.12. The average molecular weight is 542 g/mol.